The molecule has 6 nitrogen and oxygen atoms in total. The van der Waals surface area contributed by atoms with Crippen molar-refractivity contribution in [3.63, 3.8) is 0 Å². The Balaban J connectivity index is 1.37. The Labute approximate surface area is 192 Å². The summed E-state index contributed by atoms with van der Waals surface area (Å²) in [5, 5.41) is 3.25. The number of anilines is 1. The molecular weight excluding hydrogens is 454 g/mol. The summed E-state index contributed by atoms with van der Waals surface area (Å²) < 4.78 is 32.8. The Morgan fingerprint density at radius 1 is 1.06 bits per heavy atom. The van der Waals surface area contributed by atoms with Gasteiger partial charge in [0, 0.05) is 38.0 Å². The summed E-state index contributed by atoms with van der Waals surface area (Å²) in [6.45, 7) is 4.63. The first kappa shape index (κ1) is 22.1. The van der Waals surface area contributed by atoms with Crippen molar-refractivity contribution >= 4 is 38.1 Å². The van der Waals surface area contributed by atoms with Gasteiger partial charge in [0.15, 0.2) is 5.13 Å². The highest BCUT2D eigenvalue weighted by Crippen LogP contribution is 2.28. The number of aromatic nitrogens is 1. The minimum absolute atomic E-state index is 0.164. The SMILES string of the molecule is CCOc1ccc(Cc2csc(N3CCN(S(=O)(=O)c4ccccc4Cl)CC3)n2)cc1. The molecule has 0 bridgehead atoms. The predicted molar refractivity (Wildman–Crippen MR) is 125 cm³/mol. The van der Waals surface area contributed by atoms with Crippen molar-refractivity contribution in [3.05, 3.63) is 70.2 Å². The summed E-state index contributed by atoms with van der Waals surface area (Å²) in [6.07, 6.45) is 0.754. The Bertz CT molecular complexity index is 1120. The van der Waals surface area contributed by atoms with E-state index in [0.717, 1.165) is 23.0 Å². The van der Waals surface area contributed by atoms with E-state index in [1.54, 1.807) is 35.6 Å². The zero-order valence-corrected chi connectivity index (χ0v) is 19.6. The van der Waals surface area contributed by atoms with Crippen molar-refractivity contribution in [1.29, 1.82) is 0 Å². The summed E-state index contributed by atoms with van der Waals surface area (Å²) in [5.41, 5.74) is 2.19. The quantitative estimate of drug-likeness (QED) is 0.507. The van der Waals surface area contributed by atoms with Crippen molar-refractivity contribution in [3.8, 4) is 5.75 Å². The molecule has 1 saturated heterocycles. The molecule has 2 heterocycles. The zero-order valence-electron chi connectivity index (χ0n) is 17.2. The van der Waals surface area contributed by atoms with Gasteiger partial charge in [-0.3, -0.25) is 0 Å². The minimum atomic E-state index is -3.59. The average Bonchev–Trinajstić information content (AvgIpc) is 3.24. The lowest BCUT2D eigenvalue weighted by molar-refractivity contribution is 0.340. The molecule has 1 aromatic heterocycles. The molecule has 2 aromatic carbocycles. The van der Waals surface area contributed by atoms with Gasteiger partial charge in [0.25, 0.3) is 0 Å². The fourth-order valence-electron chi connectivity index (χ4n) is 3.51. The van der Waals surface area contributed by atoms with Crippen molar-refractivity contribution in [1.82, 2.24) is 9.29 Å². The van der Waals surface area contributed by atoms with Crippen LogP contribution in [0.15, 0.2) is 58.8 Å². The number of sulfonamides is 1. The van der Waals surface area contributed by atoms with Gasteiger partial charge in [-0.2, -0.15) is 4.31 Å². The van der Waals surface area contributed by atoms with E-state index >= 15 is 0 Å². The van der Waals surface area contributed by atoms with Crippen LogP contribution in [0.4, 0.5) is 5.13 Å². The summed E-state index contributed by atoms with van der Waals surface area (Å²) in [6, 6.07) is 14.6. The second-order valence-electron chi connectivity index (χ2n) is 7.20. The second kappa shape index (κ2) is 9.56. The van der Waals surface area contributed by atoms with Crippen LogP contribution in [-0.4, -0.2) is 50.5 Å². The van der Waals surface area contributed by atoms with Crippen LogP contribution in [0.3, 0.4) is 0 Å². The molecule has 0 amide bonds. The lowest BCUT2D eigenvalue weighted by atomic mass is 10.1. The van der Waals surface area contributed by atoms with Gasteiger partial charge >= 0.3 is 0 Å². The monoisotopic (exact) mass is 477 g/mol. The van der Waals surface area contributed by atoms with Crippen molar-refractivity contribution in [2.24, 2.45) is 0 Å². The number of nitrogens with zero attached hydrogens (tertiary/aromatic N) is 3. The molecule has 31 heavy (non-hydrogen) atoms. The van der Waals surface area contributed by atoms with Crippen molar-refractivity contribution < 1.29 is 13.2 Å². The van der Waals surface area contributed by atoms with Crippen LogP contribution in [0.5, 0.6) is 5.75 Å². The summed E-state index contributed by atoms with van der Waals surface area (Å²) in [7, 11) is -3.59. The highest BCUT2D eigenvalue weighted by molar-refractivity contribution is 7.89. The molecule has 1 fully saturated rings. The van der Waals surface area contributed by atoms with Gasteiger partial charge < -0.3 is 9.64 Å². The Morgan fingerprint density at radius 2 is 1.77 bits per heavy atom. The van der Waals surface area contributed by atoms with E-state index in [1.165, 1.54) is 9.87 Å². The molecule has 164 valence electrons. The predicted octanol–water partition coefficient (Wildman–Crippen LogP) is 4.30. The fraction of sp³-hybridized carbons (Fsp3) is 0.318. The molecule has 1 aliphatic rings. The third kappa shape index (κ3) is 5.03. The lowest BCUT2D eigenvalue weighted by Gasteiger charge is -2.33. The molecule has 0 saturated carbocycles. The van der Waals surface area contributed by atoms with E-state index in [1.807, 2.05) is 19.1 Å². The first-order valence-electron chi connectivity index (χ1n) is 10.1. The highest BCUT2D eigenvalue weighted by Gasteiger charge is 2.30. The Morgan fingerprint density at radius 3 is 2.45 bits per heavy atom. The molecule has 9 heteroatoms. The van der Waals surface area contributed by atoms with Crippen LogP contribution in [0.2, 0.25) is 5.02 Å². The first-order chi connectivity index (χ1) is 15.0. The van der Waals surface area contributed by atoms with Crippen LogP contribution in [-0.2, 0) is 16.4 Å². The fourth-order valence-corrected chi connectivity index (χ4v) is 6.31. The minimum Gasteiger partial charge on any atom is -0.494 e. The van der Waals surface area contributed by atoms with Gasteiger partial charge in [-0.05, 0) is 36.8 Å². The molecule has 0 aliphatic carbocycles. The number of hydrogen-bond donors (Lipinski definition) is 0. The van der Waals surface area contributed by atoms with E-state index in [4.69, 9.17) is 21.3 Å². The summed E-state index contributed by atoms with van der Waals surface area (Å²) in [4.78, 5) is 7.08. The van der Waals surface area contributed by atoms with Gasteiger partial charge in [0.2, 0.25) is 10.0 Å². The largest absolute Gasteiger partial charge is 0.494 e. The number of rotatable bonds is 7. The van der Waals surface area contributed by atoms with Crippen LogP contribution in [0.1, 0.15) is 18.2 Å². The maximum Gasteiger partial charge on any atom is 0.244 e. The van der Waals surface area contributed by atoms with E-state index in [-0.39, 0.29) is 9.92 Å². The molecule has 1 aliphatic heterocycles. The zero-order chi connectivity index (χ0) is 21.8. The third-order valence-corrected chi connectivity index (χ3v) is 8.47. The van der Waals surface area contributed by atoms with Crippen LogP contribution >= 0.6 is 22.9 Å². The number of benzene rings is 2. The van der Waals surface area contributed by atoms with Gasteiger partial charge in [-0.25, -0.2) is 13.4 Å². The molecule has 3 aromatic rings. The number of halogens is 1. The number of ether oxygens (including phenoxy) is 1. The Kier molecular flexibility index (Phi) is 6.81. The normalized spacial score (nSPS) is 15.2. The molecule has 0 N–H and O–H groups in total. The molecule has 0 radical (unpaired) electrons. The average molecular weight is 478 g/mol. The summed E-state index contributed by atoms with van der Waals surface area (Å²) in [5.74, 6) is 0.870. The number of thiazole rings is 1. The van der Waals surface area contributed by atoms with E-state index in [9.17, 15) is 8.42 Å². The molecule has 4 rings (SSSR count). The smallest absolute Gasteiger partial charge is 0.244 e. The van der Waals surface area contributed by atoms with E-state index in [0.29, 0.717) is 32.8 Å². The van der Waals surface area contributed by atoms with Crippen molar-refractivity contribution in [2.75, 3.05) is 37.7 Å². The van der Waals surface area contributed by atoms with E-state index < -0.39 is 10.0 Å². The van der Waals surface area contributed by atoms with Crippen LogP contribution in [0.25, 0.3) is 0 Å². The summed E-state index contributed by atoms with van der Waals surface area (Å²) >= 11 is 7.71. The molecule has 0 spiro atoms. The second-order valence-corrected chi connectivity index (χ2v) is 10.3. The van der Waals surface area contributed by atoms with Crippen LogP contribution < -0.4 is 9.64 Å². The lowest BCUT2D eigenvalue weighted by Crippen LogP contribution is -2.48. The standard InChI is InChI=1S/C22H24ClN3O3S2/c1-2-29-19-9-7-17(8-10-19)15-18-16-30-22(24-18)25-11-13-26(14-12-25)31(27,28)21-6-4-3-5-20(21)23/h3-10,16H,2,11-15H2,1H3. The van der Waals surface area contributed by atoms with Gasteiger partial charge in [0.05, 0.1) is 17.3 Å². The third-order valence-electron chi connectivity index (χ3n) is 5.12. The van der Waals surface area contributed by atoms with Crippen molar-refractivity contribution in [2.45, 2.75) is 18.2 Å². The maximum atomic E-state index is 12.9. The van der Waals surface area contributed by atoms with Gasteiger partial charge in [-0.1, -0.05) is 35.9 Å². The van der Waals surface area contributed by atoms with Crippen LogP contribution in [0, 0.1) is 0 Å². The number of hydrogen-bond acceptors (Lipinski definition) is 6. The first-order valence-corrected chi connectivity index (χ1v) is 12.8. The van der Waals surface area contributed by atoms with Gasteiger partial charge in [-0.15, -0.1) is 11.3 Å². The molecule has 0 atom stereocenters. The molecular formula is C22H24ClN3O3S2. The topological polar surface area (TPSA) is 62.7 Å². The Hall–Kier alpha value is -2.13. The maximum absolute atomic E-state index is 12.9. The van der Waals surface area contributed by atoms with Gasteiger partial charge in [0.1, 0.15) is 10.6 Å². The highest BCUT2D eigenvalue weighted by atomic mass is 35.5. The molecule has 0 unspecified atom stereocenters. The van der Waals surface area contributed by atoms with E-state index in [2.05, 4.69) is 22.4 Å². The number of piperazine rings is 1.